The molecule has 192 valence electrons. The molecule has 10 heteroatoms. The molecule has 1 aromatic heterocycles. The number of aromatic hydroxyl groups is 3. The van der Waals surface area contributed by atoms with Gasteiger partial charge in [-0.1, -0.05) is 6.07 Å². The summed E-state index contributed by atoms with van der Waals surface area (Å²) in [5.41, 5.74) is -0.0122. The maximum absolute atomic E-state index is 12.7. The van der Waals surface area contributed by atoms with Gasteiger partial charge in [0.2, 0.25) is 11.2 Å². The molecule has 37 heavy (non-hydrogen) atoms. The summed E-state index contributed by atoms with van der Waals surface area (Å²) in [5, 5.41) is 40.1. The Morgan fingerprint density at radius 1 is 0.946 bits per heavy atom. The molecule has 0 bridgehead atoms. The van der Waals surface area contributed by atoms with E-state index in [2.05, 4.69) is 0 Å². The molecule has 2 heterocycles. The van der Waals surface area contributed by atoms with E-state index in [1.54, 1.807) is 30.3 Å². The van der Waals surface area contributed by atoms with Crippen LogP contribution in [0.2, 0.25) is 0 Å². The van der Waals surface area contributed by atoms with Crippen molar-refractivity contribution in [2.45, 2.75) is 19.1 Å². The lowest BCUT2D eigenvalue weighted by Gasteiger charge is -2.33. The molecular weight excluding hydrogens is 484 g/mol. The van der Waals surface area contributed by atoms with Gasteiger partial charge < -0.3 is 43.8 Å². The highest BCUT2D eigenvalue weighted by molar-refractivity contribution is 5.88. The number of aliphatic hydroxyl groups excluding tert-OH is 1. The number of hydrogen-bond donors (Lipinski definition) is 4. The van der Waals surface area contributed by atoms with Crippen LogP contribution in [0.3, 0.4) is 0 Å². The summed E-state index contributed by atoms with van der Waals surface area (Å²) in [4.78, 5) is 12.7. The summed E-state index contributed by atoms with van der Waals surface area (Å²) in [6, 6.07) is 12.0. The van der Waals surface area contributed by atoms with E-state index in [9.17, 15) is 25.2 Å². The Balaban J connectivity index is 1.56. The average molecular weight is 508 g/mol. The summed E-state index contributed by atoms with van der Waals surface area (Å²) in [5.74, 6) is -0.0484. The Morgan fingerprint density at radius 3 is 2.49 bits per heavy atom. The van der Waals surface area contributed by atoms with E-state index in [1.165, 1.54) is 19.2 Å². The van der Waals surface area contributed by atoms with Crippen LogP contribution in [-0.2, 0) is 0 Å². The second kappa shape index (κ2) is 9.47. The van der Waals surface area contributed by atoms with E-state index in [0.717, 1.165) is 6.07 Å². The van der Waals surface area contributed by atoms with Gasteiger partial charge in [-0.2, -0.15) is 0 Å². The van der Waals surface area contributed by atoms with Gasteiger partial charge in [0.1, 0.15) is 22.5 Å². The van der Waals surface area contributed by atoms with Crippen LogP contribution in [-0.4, -0.2) is 46.9 Å². The number of phenolic OH excluding ortho intramolecular Hbond substituents is 2. The third-order valence-electron chi connectivity index (χ3n) is 6.01. The molecule has 0 saturated heterocycles. The van der Waals surface area contributed by atoms with Gasteiger partial charge in [0.25, 0.3) is 0 Å². The minimum absolute atomic E-state index is 0.107. The number of hydrogen-bond acceptors (Lipinski definition) is 10. The second-order valence-corrected chi connectivity index (χ2v) is 8.33. The van der Waals surface area contributed by atoms with Crippen LogP contribution in [0.15, 0.2) is 57.7 Å². The van der Waals surface area contributed by atoms with Crippen molar-refractivity contribution in [3.05, 3.63) is 64.3 Å². The van der Waals surface area contributed by atoms with Crippen LogP contribution in [0.4, 0.5) is 0 Å². The van der Waals surface area contributed by atoms with Crippen LogP contribution in [0, 0.1) is 0 Å². The molecule has 10 nitrogen and oxygen atoms in total. The largest absolute Gasteiger partial charge is 0.508 e. The number of fused-ring (bicyclic) bond motifs is 2. The topological polar surface area (TPSA) is 148 Å². The second-order valence-electron chi connectivity index (χ2n) is 8.33. The Hall–Kier alpha value is -4.57. The van der Waals surface area contributed by atoms with Gasteiger partial charge in [-0.15, -0.1) is 0 Å². The molecule has 0 radical (unpaired) electrons. The number of aliphatic hydroxyl groups is 1. The number of ether oxygens (including phenoxy) is 4. The average Bonchev–Trinajstić information content (AvgIpc) is 2.89. The van der Waals surface area contributed by atoms with Crippen LogP contribution < -0.4 is 24.4 Å². The lowest BCUT2D eigenvalue weighted by atomic mass is 10.0. The third kappa shape index (κ3) is 4.21. The molecule has 2 unspecified atom stereocenters. The van der Waals surface area contributed by atoms with Crippen LogP contribution in [0.1, 0.15) is 18.6 Å². The zero-order valence-electron chi connectivity index (χ0n) is 19.9. The number of phenols is 2. The number of methoxy groups -OCH3 is 1. The van der Waals surface area contributed by atoms with Crippen molar-refractivity contribution in [1.82, 2.24) is 0 Å². The summed E-state index contributed by atoms with van der Waals surface area (Å²) < 4.78 is 28.9. The summed E-state index contributed by atoms with van der Waals surface area (Å²) in [6.07, 6.45) is -1.44. The minimum Gasteiger partial charge on any atom is -0.508 e. The van der Waals surface area contributed by atoms with E-state index in [-0.39, 0.29) is 40.4 Å². The zero-order chi connectivity index (χ0) is 26.3. The first-order chi connectivity index (χ1) is 17.8. The van der Waals surface area contributed by atoms with Crippen molar-refractivity contribution in [3.63, 3.8) is 0 Å². The lowest BCUT2D eigenvalue weighted by Crippen LogP contribution is -2.36. The highest BCUT2D eigenvalue weighted by atomic mass is 16.6. The SMILES string of the molecule is CCOc1ccc(C2Oc3cc(-c4oc5cc(O)cc(O)c5c(=O)c4O)ccc3OC2CO)cc1OC. The molecule has 0 aliphatic carbocycles. The molecule has 0 saturated carbocycles. The van der Waals surface area contributed by atoms with Crippen molar-refractivity contribution in [1.29, 1.82) is 0 Å². The first-order valence-corrected chi connectivity index (χ1v) is 11.5. The Labute approximate surface area is 210 Å². The van der Waals surface area contributed by atoms with Crippen molar-refractivity contribution in [2.75, 3.05) is 20.3 Å². The monoisotopic (exact) mass is 508 g/mol. The van der Waals surface area contributed by atoms with Crippen LogP contribution in [0.5, 0.6) is 40.2 Å². The van der Waals surface area contributed by atoms with E-state index < -0.39 is 29.1 Å². The molecule has 0 fully saturated rings. The summed E-state index contributed by atoms with van der Waals surface area (Å²) >= 11 is 0. The van der Waals surface area contributed by atoms with Crippen molar-refractivity contribution in [3.8, 4) is 51.6 Å². The highest BCUT2D eigenvalue weighted by Crippen LogP contribution is 2.44. The van der Waals surface area contributed by atoms with E-state index in [1.807, 2.05) is 6.92 Å². The lowest BCUT2D eigenvalue weighted by molar-refractivity contribution is -0.0123. The van der Waals surface area contributed by atoms with E-state index in [4.69, 9.17) is 23.4 Å². The van der Waals surface area contributed by atoms with E-state index >= 15 is 0 Å². The molecule has 2 atom stereocenters. The molecule has 4 aromatic rings. The first kappa shape index (κ1) is 24.1. The van der Waals surface area contributed by atoms with Crippen molar-refractivity contribution < 1.29 is 43.8 Å². The quantitative estimate of drug-likeness (QED) is 0.303. The Kier molecular flexibility index (Phi) is 6.18. The Bertz CT molecular complexity index is 1540. The van der Waals surface area contributed by atoms with E-state index in [0.29, 0.717) is 29.4 Å². The van der Waals surface area contributed by atoms with Gasteiger partial charge in [0.05, 0.1) is 20.3 Å². The number of rotatable bonds is 6. The summed E-state index contributed by atoms with van der Waals surface area (Å²) in [6.45, 7) is 2.00. The highest BCUT2D eigenvalue weighted by Gasteiger charge is 2.34. The molecule has 0 spiro atoms. The maximum Gasteiger partial charge on any atom is 0.238 e. The van der Waals surface area contributed by atoms with Crippen molar-refractivity contribution in [2.24, 2.45) is 0 Å². The fourth-order valence-electron chi connectivity index (χ4n) is 4.30. The van der Waals surface area contributed by atoms with Gasteiger partial charge in [-0.25, -0.2) is 0 Å². The van der Waals surface area contributed by atoms with Gasteiger partial charge in [0, 0.05) is 23.3 Å². The predicted octanol–water partition coefficient (Wildman–Crippen LogP) is 3.86. The molecule has 0 amide bonds. The van der Waals surface area contributed by atoms with Gasteiger partial charge in [-0.3, -0.25) is 4.79 Å². The number of benzene rings is 3. The smallest absolute Gasteiger partial charge is 0.238 e. The molecule has 1 aliphatic rings. The fourth-order valence-corrected chi connectivity index (χ4v) is 4.30. The van der Waals surface area contributed by atoms with Crippen LogP contribution in [0.25, 0.3) is 22.3 Å². The van der Waals surface area contributed by atoms with Crippen LogP contribution >= 0.6 is 0 Å². The third-order valence-corrected chi connectivity index (χ3v) is 6.01. The first-order valence-electron chi connectivity index (χ1n) is 11.5. The maximum atomic E-state index is 12.7. The minimum atomic E-state index is -0.858. The standard InChI is InChI=1S/C27H24O10/c1-3-34-17-6-4-13(8-19(17)33-2)26-22(12-28)35-18-7-5-14(9-20(18)36-26)27-25(32)24(31)23-16(30)10-15(29)11-21(23)37-27/h4-11,22,26,28-30,32H,3,12H2,1-2H3. The van der Waals surface area contributed by atoms with Gasteiger partial charge in [0.15, 0.2) is 41.0 Å². The fraction of sp³-hybridized carbons (Fsp3) is 0.222. The molecule has 4 N–H and O–H groups in total. The van der Waals surface area contributed by atoms with Gasteiger partial charge in [-0.05, 0) is 37.3 Å². The normalized spacial score (nSPS) is 16.5. The van der Waals surface area contributed by atoms with Crippen molar-refractivity contribution >= 4 is 11.0 Å². The Morgan fingerprint density at radius 2 is 1.76 bits per heavy atom. The van der Waals surface area contributed by atoms with Gasteiger partial charge >= 0.3 is 0 Å². The molecule has 3 aromatic carbocycles. The molecule has 1 aliphatic heterocycles. The molecular formula is C27H24O10. The summed E-state index contributed by atoms with van der Waals surface area (Å²) in [7, 11) is 1.52. The zero-order valence-corrected chi connectivity index (χ0v) is 19.9. The molecule has 5 rings (SSSR count). The predicted molar refractivity (Wildman–Crippen MR) is 132 cm³/mol.